The molecule has 2 rings (SSSR count). The SMILES string of the molecule is CC(C)C(C)c1nccn1CCCCCS(=O)(=O)c1ccc(F)cc1F. The maximum Gasteiger partial charge on any atom is 0.181 e. The van der Waals surface area contributed by atoms with Crippen molar-refractivity contribution in [1.82, 2.24) is 9.55 Å². The lowest BCUT2D eigenvalue weighted by Crippen LogP contribution is -2.12. The van der Waals surface area contributed by atoms with Crippen LogP contribution in [0.2, 0.25) is 0 Å². The molecule has 1 atom stereocenters. The lowest BCUT2D eigenvalue weighted by atomic mass is 9.97. The summed E-state index contributed by atoms with van der Waals surface area (Å²) in [5, 5.41) is 0. The van der Waals surface area contributed by atoms with E-state index < -0.39 is 26.4 Å². The number of benzene rings is 1. The van der Waals surface area contributed by atoms with Crippen molar-refractivity contribution in [2.75, 3.05) is 5.75 Å². The number of aromatic nitrogens is 2. The summed E-state index contributed by atoms with van der Waals surface area (Å²) in [6, 6.07) is 2.56. The summed E-state index contributed by atoms with van der Waals surface area (Å²) in [4.78, 5) is 4.00. The largest absolute Gasteiger partial charge is 0.335 e. The number of unbranched alkanes of at least 4 members (excludes halogenated alkanes) is 2. The fourth-order valence-corrected chi connectivity index (χ4v) is 4.23. The molecule has 0 aliphatic rings. The average molecular weight is 384 g/mol. The molecule has 0 saturated heterocycles. The Labute approximate surface area is 154 Å². The van der Waals surface area contributed by atoms with Crippen LogP contribution in [0.5, 0.6) is 0 Å². The van der Waals surface area contributed by atoms with Crippen molar-refractivity contribution in [3.8, 4) is 0 Å². The zero-order valence-electron chi connectivity index (χ0n) is 15.5. The van der Waals surface area contributed by atoms with Crippen molar-refractivity contribution in [2.45, 2.75) is 57.4 Å². The first kappa shape index (κ1) is 20.6. The minimum Gasteiger partial charge on any atom is -0.335 e. The number of hydrogen-bond acceptors (Lipinski definition) is 3. The molecule has 0 fully saturated rings. The zero-order chi connectivity index (χ0) is 19.3. The number of halogens is 2. The van der Waals surface area contributed by atoms with E-state index in [1.54, 1.807) is 6.20 Å². The molecule has 7 heteroatoms. The Morgan fingerprint density at radius 1 is 1.12 bits per heavy atom. The predicted octanol–water partition coefficient (Wildman–Crippen LogP) is 4.57. The van der Waals surface area contributed by atoms with Gasteiger partial charge in [0.25, 0.3) is 0 Å². The van der Waals surface area contributed by atoms with Gasteiger partial charge in [-0.15, -0.1) is 0 Å². The molecule has 0 saturated carbocycles. The van der Waals surface area contributed by atoms with Crippen LogP contribution < -0.4 is 0 Å². The monoisotopic (exact) mass is 384 g/mol. The predicted molar refractivity (Wildman–Crippen MR) is 97.7 cm³/mol. The molecule has 0 amide bonds. The van der Waals surface area contributed by atoms with Crippen LogP contribution in [0.4, 0.5) is 8.78 Å². The van der Waals surface area contributed by atoms with E-state index in [0.717, 1.165) is 30.9 Å². The molecular weight excluding hydrogens is 358 g/mol. The van der Waals surface area contributed by atoms with Crippen molar-refractivity contribution in [2.24, 2.45) is 5.92 Å². The Morgan fingerprint density at radius 3 is 2.50 bits per heavy atom. The summed E-state index contributed by atoms with van der Waals surface area (Å²) in [6.45, 7) is 7.23. The number of nitrogens with zero attached hydrogens (tertiary/aromatic N) is 2. The topological polar surface area (TPSA) is 52.0 Å². The van der Waals surface area contributed by atoms with Crippen LogP contribution in [-0.2, 0) is 16.4 Å². The smallest absolute Gasteiger partial charge is 0.181 e. The maximum atomic E-state index is 13.7. The van der Waals surface area contributed by atoms with E-state index in [-0.39, 0.29) is 5.75 Å². The Bertz CT molecular complexity index is 832. The van der Waals surface area contributed by atoms with Gasteiger partial charge >= 0.3 is 0 Å². The number of sulfone groups is 1. The molecule has 26 heavy (non-hydrogen) atoms. The summed E-state index contributed by atoms with van der Waals surface area (Å²) >= 11 is 0. The fraction of sp³-hybridized carbons (Fsp3) is 0.526. The van der Waals surface area contributed by atoms with E-state index in [9.17, 15) is 17.2 Å². The molecule has 1 aromatic heterocycles. The van der Waals surface area contributed by atoms with E-state index >= 15 is 0 Å². The Hall–Kier alpha value is -1.76. The quantitative estimate of drug-likeness (QED) is 0.470. The summed E-state index contributed by atoms with van der Waals surface area (Å²) < 4.78 is 53.1. The van der Waals surface area contributed by atoms with Gasteiger partial charge in [-0.3, -0.25) is 0 Å². The van der Waals surface area contributed by atoms with Gasteiger partial charge in [0.1, 0.15) is 22.4 Å². The molecular formula is C19H26F2N2O2S. The molecule has 0 radical (unpaired) electrons. The van der Waals surface area contributed by atoms with Gasteiger partial charge < -0.3 is 4.57 Å². The highest BCUT2D eigenvalue weighted by atomic mass is 32.2. The van der Waals surface area contributed by atoms with Gasteiger partial charge in [0.15, 0.2) is 9.84 Å². The van der Waals surface area contributed by atoms with Crippen LogP contribution in [0.1, 0.15) is 51.8 Å². The first-order chi connectivity index (χ1) is 12.2. The Morgan fingerprint density at radius 2 is 1.85 bits per heavy atom. The van der Waals surface area contributed by atoms with Crippen LogP contribution >= 0.6 is 0 Å². The van der Waals surface area contributed by atoms with Crippen molar-refractivity contribution >= 4 is 9.84 Å². The van der Waals surface area contributed by atoms with Crippen LogP contribution in [0.3, 0.4) is 0 Å². The molecule has 1 heterocycles. The van der Waals surface area contributed by atoms with Crippen molar-refractivity contribution in [1.29, 1.82) is 0 Å². The van der Waals surface area contributed by atoms with Gasteiger partial charge in [-0.2, -0.15) is 0 Å². The van der Waals surface area contributed by atoms with Gasteiger partial charge in [-0.1, -0.05) is 27.2 Å². The van der Waals surface area contributed by atoms with Crippen molar-refractivity contribution in [3.63, 3.8) is 0 Å². The molecule has 0 aliphatic heterocycles. The summed E-state index contributed by atoms with van der Waals surface area (Å²) in [6.07, 6.45) is 5.68. The van der Waals surface area contributed by atoms with Gasteiger partial charge in [-0.05, 0) is 30.9 Å². The third-order valence-electron chi connectivity index (χ3n) is 4.70. The number of rotatable bonds is 9. The fourth-order valence-electron chi connectivity index (χ4n) is 2.80. The van der Waals surface area contributed by atoms with Gasteiger partial charge in [0.05, 0.1) is 5.75 Å². The standard InChI is InChI=1S/C19H26F2N2O2S/c1-14(2)15(3)19-22-9-11-23(19)10-5-4-6-12-26(24,25)18-8-7-16(20)13-17(18)21/h7-9,11,13-15H,4-6,10,12H2,1-3H3. The van der Waals surface area contributed by atoms with Crippen molar-refractivity contribution in [3.05, 3.63) is 48.1 Å². The average Bonchev–Trinajstić information content (AvgIpc) is 3.01. The highest BCUT2D eigenvalue weighted by molar-refractivity contribution is 7.91. The molecule has 1 aromatic carbocycles. The molecule has 1 unspecified atom stereocenters. The number of hydrogen-bond donors (Lipinski definition) is 0. The Balaban J connectivity index is 1.85. The molecule has 0 bridgehead atoms. The highest BCUT2D eigenvalue weighted by Gasteiger charge is 2.19. The molecule has 0 N–H and O–H groups in total. The van der Waals surface area contributed by atoms with Gasteiger partial charge in [0.2, 0.25) is 0 Å². The first-order valence-corrected chi connectivity index (χ1v) is 10.6. The normalized spacial score (nSPS) is 13.3. The Kier molecular flexibility index (Phi) is 6.92. The molecule has 0 aliphatic carbocycles. The molecule has 144 valence electrons. The van der Waals surface area contributed by atoms with E-state index in [2.05, 4.69) is 30.3 Å². The minimum atomic E-state index is -3.74. The molecule has 0 spiro atoms. The maximum absolute atomic E-state index is 13.7. The minimum absolute atomic E-state index is 0.144. The summed E-state index contributed by atoms with van der Waals surface area (Å²) in [5.41, 5.74) is 0. The second-order valence-corrected chi connectivity index (χ2v) is 9.04. The number of aryl methyl sites for hydroxylation is 1. The zero-order valence-corrected chi connectivity index (χ0v) is 16.3. The summed E-state index contributed by atoms with van der Waals surface area (Å²) in [5.74, 6) is -0.0713. The molecule has 4 nitrogen and oxygen atoms in total. The lowest BCUT2D eigenvalue weighted by molar-refractivity contribution is 0.473. The molecule has 2 aromatic rings. The highest BCUT2D eigenvalue weighted by Crippen LogP contribution is 2.23. The second-order valence-electron chi connectivity index (χ2n) is 6.97. The van der Waals surface area contributed by atoms with E-state index in [4.69, 9.17) is 0 Å². The summed E-state index contributed by atoms with van der Waals surface area (Å²) in [7, 11) is -3.74. The number of imidazole rings is 1. The van der Waals surface area contributed by atoms with Gasteiger partial charge in [-0.25, -0.2) is 22.2 Å². The van der Waals surface area contributed by atoms with E-state index in [1.807, 2.05) is 6.20 Å². The van der Waals surface area contributed by atoms with Crippen LogP contribution in [0, 0.1) is 17.6 Å². The van der Waals surface area contributed by atoms with Crippen LogP contribution in [-0.4, -0.2) is 23.7 Å². The van der Waals surface area contributed by atoms with Crippen LogP contribution in [0.25, 0.3) is 0 Å². The van der Waals surface area contributed by atoms with E-state index in [1.165, 1.54) is 0 Å². The third-order valence-corrected chi connectivity index (χ3v) is 6.52. The van der Waals surface area contributed by atoms with Gasteiger partial charge in [0, 0.05) is 30.9 Å². The van der Waals surface area contributed by atoms with E-state index in [0.29, 0.717) is 30.7 Å². The lowest BCUT2D eigenvalue weighted by Gasteiger charge is -2.17. The first-order valence-electron chi connectivity index (χ1n) is 8.91. The van der Waals surface area contributed by atoms with Crippen molar-refractivity contribution < 1.29 is 17.2 Å². The third kappa shape index (κ3) is 5.13. The van der Waals surface area contributed by atoms with Crippen LogP contribution in [0.15, 0.2) is 35.5 Å². The second kappa shape index (κ2) is 8.75.